The van der Waals surface area contributed by atoms with Gasteiger partial charge in [0.05, 0.1) is 13.1 Å². The average molecular weight is 423 g/mol. The van der Waals surface area contributed by atoms with E-state index in [1.54, 1.807) is 7.05 Å². The first-order valence-electron chi connectivity index (χ1n) is 10.9. The van der Waals surface area contributed by atoms with Crippen LogP contribution in [0.4, 0.5) is 5.69 Å². The predicted molar refractivity (Wildman–Crippen MR) is 125 cm³/mol. The van der Waals surface area contributed by atoms with Crippen molar-refractivity contribution in [3.63, 3.8) is 0 Å². The van der Waals surface area contributed by atoms with E-state index < -0.39 is 0 Å². The summed E-state index contributed by atoms with van der Waals surface area (Å²) in [6.07, 6.45) is 0. The van der Waals surface area contributed by atoms with Gasteiger partial charge < -0.3 is 10.2 Å². The monoisotopic (exact) mass is 422 g/mol. The first-order valence-corrected chi connectivity index (χ1v) is 10.9. The van der Waals surface area contributed by atoms with E-state index in [0.717, 1.165) is 49.5 Å². The number of rotatable bonds is 7. The lowest BCUT2D eigenvalue weighted by molar-refractivity contribution is -0.134. The van der Waals surface area contributed by atoms with Gasteiger partial charge in [0.2, 0.25) is 11.8 Å². The molecule has 1 heterocycles. The lowest BCUT2D eigenvalue weighted by atomic mass is 10.1. The lowest BCUT2D eigenvalue weighted by Crippen LogP contribution is -2.50. The van der Waals surface area contributed by atoms with Crippen LogP contribution >= 0.6 is 0 Å². The van der Waals surface area contributed by atoms with Gasteiger partial charge in [0, 0.05) is 45.5 Å². The molecule has 1 fully saturated rings. The molecule has 1 aliphatic heterocycles. The Balaban J connectivity index is 1.42. The molecule has 2 aromatic rings. The topological polar surface area (TPSA) is 55.9 Å². The van der Waals surface area contributed by atoms with Gasteiger partial charge >= 0.3 is 0 Å². The molecule has 1 saturated heterocycles. The normalized spacial score (nSPS) is 15.0. The summed E-state index contributed by atoms with van der Waals surface area (Å²) in [4.78, 5) is 31.2. The molecule has 0 saturated carbocycles. The van der Waals surface area contributed by atoms with Crippen LogP contribution < -0.4 is 5.32 Å². The second kappa shape index (κ2) is 10.6. The fraction of sp³-hybridized carbons (Fsp3) is 0.440. The van der Waals surface area contributed by atoms with Crippen molar-refractivity contribution < 1.29 is 9.59 Å². The molecular weight excluding hydrogens is 388 g/mol. The number of anilines is 1. The van der Waals surface area contributed by atoms with Gasteiger partial charge in [-0.1, -0.05) is 36.4 Å². The van der Waals surface area contributed by atoms with Gasteiger partial charge in [-0.25, -0.2) is 0 Å². The van der Waals surface area contributed by atoms with Gasteiger partial charge in [0.1, 0.15) is 0 Å². The number of piperazine rings is 1. The van der Waals surface area contributed by atoms with Crippen molar-refractivity contribution in [2.24, 2.45) is 0 Å². The van der Waals surface area contributed by atoms with Crippen LogP contribution in [-0.4, -0.2) is 72.8 Å². The molecule has 6 nitrogen and oxygen atoms in total. The highest BCUT2D eigenvalue weighted by Gasteiger charge is 2.22. The van der Waals surface area contributed by atoms with Crippen LogP contribution in [0.15, 0.2) is 42.5 Å². The molecule has 0 bridgehead atoms. The zero-order valence-corrected chi connectivity index (χ0v) is 19.1. The van der Waals surface area contributed by atoms with E-state index in [1.165, 1.54) is 16.0 Å². The summed E-state index contributed by atoms with van der Waals surface area (Å²) in [5.74, 6) is -0.198. The second-order valence-corrected chi connectivity index (χ2v) is 8.60. The van der Waals surface area contributed by atoms with Crippen molar-refractivity contribution in [3.8, 4) is 0 Å². The Hall–Kier alpha value is -2.70. The van der Waals surface area contributed by atoms with Crippen LogP contribution in [0.5, 0.6) is 0 Å². The Bertz CT molecular complexity index is 919. The molecule has 0 unspecified atom stereocenters. The average Bonchev–Trinajstić information content (AvgIpc) is 2.73. The molecule has 0 radical (unpaired) electrons. The Morgan fingerprint density at radius 1 is 0.935 bits per heavy atom. The summed E-state index contributed by atoms with van der Waals surface area (Å²) < 4.78 is 0. The van der Waals surface area contributed by atoms with Crippen LogP contribution in [0.25, 0.3) is 0 Å². The molecule has 1 aliphatic rings. The van der Waals surface area contributed by atoms with Gasteiger partial charge in [-0.15, -0.1) is 0 Å². The van der Waals surface area contributed by atoms with Gasteiger partial charge in [-0.05, 0) is 49.1 Å². The molecule has 3 rings (SSSR count). The number of carbonyl (C=O) groups excluding carboxylic acids is 2. The van der Waals surface area contributed by atoms with Crippen molar-refractivity contribution in [3.05, 3.63) is 64.7 Å². The third kappa shape index (κ3) is 6.64. The number of likely N-dealkylation sites (N-methyl/N-ethyl adjacent to an activating group) is 1. The van der Waals surface area contributed by atoms with E-state index in [4.69, 9.17) is 0 Å². The molecule has 0 atom stereocenters. The summed E-state index contributed by atoms with van der Waals surface area (Å²) in [5, 5.41) is 2.92. The minimum absolute atomic E-state index is 0.0246. The number of benzene rings is 2. The summed E-state index contributed by atoms with van der Waals surface area (Å²) in [6, 6.07) is 14.4. The number of hydrogen-bond acceptors (Lipinski definition) is 4. The van der Waals surface area contributed by atoms with Crippen LogP contribution in [-0.2, 0) is 16.1 Å². The molecule has 2 amide bonds. The molecule has 2 aromatic carbocycles. The number of nitrogens with zero attached hydrogens (tertiary/aromatic N) is 3. The molecular formula is C25H34N4O2. The first-order chi connectivity index (χ1) is 14.8. The highest BCUT2D eigenvalue weighted by Crippen LogP contribution is 2.16. The highest BCUT2D eigenvalue weighted by molar-refractivity contribution is 5.95. The molecule has 31 heavy (non-hydrogen) atoms. The maximum absolute atomic E-state index is 12.6. The van der Waals surface area contributed by atoms with Crippen molar-refractivity contribution in [1.82, 2.24) is 14.7 Å². The molecule has 0 spiro atoms. The Kier molecular flexibility index (Phi) is 7.82. The van der Waals surface area contributed by atoms with E-state index in [2.05, 4.69) is 46.3 Å². The zero-order chi connectivity index (χ0) is 22.4. The van der Waals surface area contributed by atoms with E-state index in [9.17, 15) is 9.59 Å². The van der Waals surface area contributed by atoms with E-state index in [-0.39, 0.29) is 18.4 Å². The van der Waals surface area contributed by atoms with Gasteiger partial charge in [0.25, 0.3) is 0 Å². The third-order valence-electron chi connectivity index (χ3n) is 5.95. The van der Waals surface area contributed by atoms with Crippen molar-refractivity contribution in [2.75, 3.05) is 51.6 Å². The lowest BCUT2D eigenvalue weighted by Gasteiger charge is -2.35. The van der Waals surface area contributed by atoms with Crippen molar-refractivity contribution in [2.45, 2.75) is 27.3 Å². The van der Waals surface area contributed by atoms with E-state index >= 15 is 0 Å². The number of amides is 2. The minimum atomic E-state index is -0.174. The van der Waals surface area contributed by atoms with E-state index in [0.29, 0.717) is 6.54 Å². The minimum Gasteiger partial charge on any atom is -0.335 e. The van der Waals surface area contributed by atoms with Gasteiger partial charge in [0.15, 0.2) is 0 Å². The maximum atomic E-state index is 12.6. The van der Waals surface area contributed by atoms with Crippen LogP contribution in [0, 0.1) is 20.8 Å². The fourth-order valence-electron chi connectivity index (χ4n) is 3.81. The molecule has 0 aliphatic carbocycles. The van der Waals surface area contributed by atoms with E-state index in [1.807, 2.05) is 32.0 Å². The molecule has 166 valence electrons. The number of aryl methyl sites for hydroxylation is 3. The molecule has 0 aromatic heterocycles. The SMILES string of the molecule is Cc1ccc(C)c(NC(=O)CN(C)C(=O)CN2CCN(Cc3ccccc3C)CC2)c1. The number of hydrogen-bond donors (Lipinski definition) is 1. The standard InChI is InChI=1S/C25H34N4O2/c1-19-9-10-21(3)23(15-19)26-24(30)17-27(4)25(31)18-29-13-11-28(12-14-29)16-22-8-6-5-7-20(22)2/h5-10,15H,11-14,16-18H2,1-4H3,(H,26,30). The summed E-state index contributed by atoms with van der Waals surface area (Å²) in [5.41, 5.74) is 5.58. The summed E-state index contributed by atoms with van der Waals surface area (Å²) in [7, 11) is 1.69. The van der Waals surface area contributed by atoms with Crippen LogP contribution in [0.2, 0.25) is 0 Å². The Morgan fingerprint density at radius 3 is 2.32 bits per heavy atom. The Labute approximate surface area is 185 Å². The fourth-order valence-corrected chi connectivity index (χ4v) is 3.81. The highest BCUT2D eigenvalue weighted by atomic mass is 16.2. The van der Waals surface area contributed by atoms with Gasteiger partial charge in [-0.2, -0.15) is 0 Å². The Morgan fingerprint density at radius 2 is 1.61 bits per heavy atom. The first kappa shape index (κ1) is 23.0. The van der Waals surface area contributed by atoms with Gasteiger partial charge in [-0.3, -0.25) is 19.4 Å². The number of carbonyl (C=O) groups is 2. The van der Waals surface area contributed by atoms with Crippen molar-refractivity contribution >= 4 is 17.5 Å². The number of nitrogens with one attached hydrogen (secondary N) is 1. The van der Waals surface area contributed by atoms with Crippen LogP contribution in [0.1, 0.15) is 22.3 Å². The van der Waals surface area contributed by atoms with Crippen molar-refractivity contribution in [1.29, 1.82) is 0 Å². The largest absolute Gasteiger partial charge is 0.335 e. The third-order valence-corrected chi connectivity index (χ3v) is 5.95. The molecule has 1 N–H and O–H groups in total. The predicted octanol–water partition coefficient (Wildman–Crippen LogP) is 2.83. The second-order valence-electron chi connectivity index (χ2n) is 8.60. The smallest absolute Gasteiger partial charge is 0.243 e. The quantitative estimate of drug-likeness (QED) is 0.746. The summed E-state index contributed by atoms with van der Waals surface area (Å²) >= 11 is 0. The maximum Gasteiger partial charge on any atom is 0.243 e. The zero-order valence-electron chi connectivity index (χ0n) is 19.1. The van der Waals surface area contributed by atoms with Crippen LogP contribution in [0.3, 0.4) is 0 Å². The molecule has 6 heteroatoms. The summed E-state index contributed by atoms with van der Waals surface area (Å²) in [6.45, 7) is 11.1.